The Hall–Kier alpha value is -1.24. The van der Waals surface area contributed by atoms with Gasteiger partial charge in [0.15, 0.2) is 11.1 Å². The Kier molecular flexibility index (Phi) is 7.36. The van der Waals surface area contributed by atoms with Crippen molar-refractivity contribution in [2.75, 3.05) is 5.75 Å². The molecule has 0 bridgehead atoms. The number of nitrogens with two attached hydrogens (primary N) is 2. The second-order valence-electron chi connectivity index (χ2n) is 3.21. The van der Waals surface area contributed by atoms with Crippen LogP contribution >= 0.6 is 11.8 Å². The summed E-state index contributed by atoms with van der Waals surface area (Å²) in [4.78, 5) is 14.9. The predicted octanol–water partition coefficient (Wildman–Crippen LogP) is 0.233. The fourth-order valence-corrected chi connectivity index (χ4v) is 1.57. The highest BCUT2D eigenvalue weighted by atomic mass is 32.2. The van der Waals surface area contributed by atoms with Gasteiger partial charge in [0.25, 0.3) is 0 Å². The van der Waals surface area contributed by atoms with Gasteiger partial charge in [-0.1, -0.05) is 25.6 Å². The maximum absolute atomic E-state index is 11.4. The number of thioether (sulfide) groups is 1. The monoisotopic (exact) mass is 245 g/mol. The number of amides is 1. The van der Waals surface area contributed by atoms with Gasteiger partial charge in [-0.3, -0.25) is 10.2 Å². The van der Waals surface area contributed by atoms with E-state index in [0.29, 0.717) is 0 Å². The minimum Gasteiger partial charge on any atom is -0.370 e. The summed E-state index contributed by atoms with van der Waals surface area (Å²) in [7, 11) is 0. The zero-order valence-corrected chi connectivity index (χ0v) is 10.4. The first-order chi connectivity index (χ1) is 7.49. The molecular formula is C9H19N5OS. The van der Waals surface area contributed by atoms with Gasteiger partial charge in [-0.05, 0) is 12.8 Å². The van der Waals surface area contributed by atoms with Crippen LogP contribution in [0.2, 0.25) is 0 Å². The van der Waals surface area contributed by atoms with Gasteiger partial charge in [0.1, 0.15) is 0 Å². The molecule has 0 radical (unpaired) electrons. The Morgan fingerprint density at radius 2 is 2.00 bits per heavy atom. The molecule has 0 aliphatic rings. The lowest BCUT2D eigenvalue weighted by molar-refractivity contribution is -0.119. The molecule has 6 N–H and O–H groups in total. The number of nitrogens with zero attached hydrogens (tertiary/aromatic N) is 1. The van der Waals surface area contributed by atoms with E-state index < -0.39 is 0 Å². The molecule has 0 aliphatic heterocycles. The molecule has 1 amide bonds. The van der Waals surface area contributed by atoms with Gasteiger partial charge in [0.05, 0.1) is 5.75 Å². The van der Waals surface area contributed by atoms with Crippen molar-refractivity contribution in [1.29, 1.82) is 5.41 Å². The molecule has 0 aromatic carbocycles. The van der Waals surface area contributed by atoms with Crippen molar-refractivity contribution in [1.82, 2.24) is 5.32 Å². The molecule has 0 atom stereocenters. The second-order valence-corrected chi connectivity index (χ2v) is 4.18. The molecule has 0 unspecified atom stereocenters. The van der Waals surface area contributed by atoms with Crippen molar-refractivity contribution < 1.29 is 4.79 Å². The zero-order valence-electron chi connectivity index (χ0n) is 9.62. The molecule has 0 fully saturated rings. The highest BCUT2D eigenvalue weighted by Gasteiger charge is 2.09. The normalized spacial score (nSPS) is 9.94. The van der Waals surface area contributed by atoms with Gasteiger partial charge in [0, 0.05) is 6.04 Å². The highest BCUT2D eigenvalue weighted by molar-refractivity contribution is 8.14. The Bertz CT molecular complexity index is 271. The van der Waals surface area contributed by atoms with E-state index >= 15 is 0 Å². The lowest BCUT2D eigenvalue weighted by atomic mass is 10.2. The molecule has 0 spiro atoms. The fraction of sp³-hybridized carbons (Fsp3) is 0.667. The van der Waals surface area contributed by atoms with Crippen LogP contribution in [-0.2, 0) is 4.79 Å². The Balaban J connectivity index is 3.90. The van der Waals surface area contributed by atoms with Crippen LogP contribution in [0.5, 0.6) is 0 Å². The van der Waals surface area contributed by atoms with Crippen molar-refractivity contribution in [3.05, 3.63) is 0 Å². The standard InChI is InChI=1S/C9H19N5OS/c1-3-6(4-2)13-7(15)5-16-9(12)14-8(10)11/h6H,3-5H2,1-2H3,(H,13,15)(H5,10,11,12,14). The average molecular weight is 245 g/mol. The van der Waals surface area contributed by atoms with Crippen molar-refractivity contribution in [2.45, 2.75) is 32.7 Å². The molecule has 0 saturated heterocycles. The first-order valence-electron chi connectivity index (χ1n) is 5.09. The van der Waals surface area contributed by atoms with Gasteiger partial charge in [-0.2, -0.15) is 4.99 Å². The van der Waals surface area contributed by atoms with Crippen LogP contribution < -0.4 is 16.8 Å². The van der Waals surface area contributed by atoms with Crippen LogP contribution in [0.3, 0.4) is 0 Å². The summed E-state index contributed by atoms with van der Waals surface area (Å²) >= 11 is 1.000. The maximum atomic E-state index is 11.4. The van der Waals surface area contributed by atoms with E-state index in [2.05, 4.69) is 10.3 Å². The van der Waals surface area contributed by atoms with Crippen LogP contribution in [0.15, 0.2) is 4.99 Å². The average Bonchev–Trinajstić information content (AvgIpc) is 2.22. The van der Waals surface area contributed by atoms with Gasteiger partial charge in [-0.25, -0.2) is 0 Å². The largest absolute Gasteiger partial charge is 0.370 e. The number of guanidine groups is 1. The molecule has 0 aliphatic carbocycles. The first kappa shape index (κ1) is 14.8. The third-order valence-electron chi connectivity index (χ3n) is 1.92. The molecule has 0 rings (SSSR count). The highest BCUT2D eigenvalue weighted by Crippen LogP contribution is 2.04. The smallest absolute Gasteiger partial charge is 0.230 e. The third-order valence-corrected chi connectivity index (χ3v) is 2.69. The summed E-state index contributed by atoms with van der Waals surface area (Å²) < 4.78 is 0. The molecule has 6 nitrogen and oxygen atoms in total. The summed E-state index contributed by atoms with van der Waals surface area (Å²) in [6, 6.07) is 0.199. The van der Waals surface area contributed by atoms with Crippen molar-refractivity contribution in [2.24, 2.45) is 16.5 Å². The van der Waals surface area contributed by atoms with Crippen LogP contribution in [0.1, 0.15) is 26.7 Å². The lowest BCUT2D eigenvalue weighted by Crippen LogP contribution is -2.35. The summed E-state index contributed by atoms with van der Waals surface area (Å²) in [5.41, 5.74) is 10.2. The molecule has 0 aromatic rings. The van der Waals surface area contributed by atoms with E-state index in [1.54, 1.807) is 0 Å². The SMILES string of the molecule is CCC(CC)NC(=O)CSC(=N)N=C(N)N. The third kappa shape index (κ3) is 7.10. The van der Waals surface area contributed by atoms with Gasteiger partial charge >= 0.3 is 0 Å². The van der Waals surface area contributed by atoms with Crippen LogP contribution in [-0.4, -0.2) is 28.8 Å². The van der Waals surface area contributed by atoms with Gasteiger partial charge in [0.2, 0.25) is 5.91 Å². The number of rotatable bonds is 5. The molecule has 0 aromatic heterocycles. The number of carbonyl (C=O) groups is 1. The predicted molar refractivity (Wildman–Crippen MR) is 68.5 cm³/mol. The molecule has 0 heterocycles. The number of nitrogens with one attached hydrogen (secondary N) is 2. The number of hydrogen-bond donors (Lipinski definition) is 4. The molecule has 0 saturated carbocycles. The van der Waals surface area contributed by atoms with Crippen molar-refractivity contribution >= 4 is 28.8 Å². The van der Waals surface area contributed by atoms with E-state index in [1.165, 1.54) is 0 Å². The quantitative estimate of drug-likeness (QED) is 0.409. The van der Waals surface area contributed by atoms with E-state index in [1.807, 2.05) is 13.8 Å². The number of aliphatic imine (C=N–C) groups is 1. The first-order valence-corrected chi connectivity index (χ1v) is 6.08. The summed E-state index contributed by atoms with van der Waals surface area (Å²) in [6.07, 6.45) is 1.80. The lowest BCUT2D eigenvalue weighted by Gasteiger charge is -2.13. The molecule has 92 valence electrons. The number of carbonyl (C=O) groups excluding carboxylic acids is 1. The van der Waals surface area contributed by atoms with E-state index in [9.17, 15) is 4.79 Å². The Morgan fingerprint density at radius 1 is 1.44 bits per heavy atom. The van der Waals surface area contributed by atoms with Crippen LogP contribution in [0.4, 0.5) is 0 Å². The van der Waals surface area contributed by atoms with Crippen molar-refractivity contribution in [3.8, 4) is 0 Å². The van der Waals surface area contributed by atoms with Gasteiger partial charge < -0.3 is 16.8 Å². The summed E-state index contributed by atoms with van der Waals surface area (Å²) in [5.74, 6) is -0.112. The van der Waals surface area contributed by atoms with Crippen LogP contribution in [0, 0.1) is 5.41 Å². The summed E-state index contributed by atoms with van der Waals surface area (Å²) in [5, 5.41) is 10.1. The van der Waals surface area contributed by atoms with Crippen LogP contribution in [0.25, 0.3) is 0 Å². The van der Waals surface area contributed by atoms with Crippen molar-refractivity contribution in [3.63, 3.8) is 0 Å². The second kappa shape index (κ2) is 7.98. The minimum atomic E-state index is -0.169. The van der Waals surface area contributed by atoms with E-state index in [0.717, 1.165) is 24.6 Å². The maximum Gasteiger partial charge on any atom is 0.230 e. The number of hydrogen-bond acceptors (Lipinski definition) is 3. The summed E-state index contributed by atoms with van der Waals surface area (Å²) in [6.45, 7) is 4.03. The number of amidine groups is 1. The molecular weight excluding hydrogens is 226 g/mol. The zero-order chi connectivity index (χ0) is 12.6. The Labute approximate surface area is 99.8 Å². The minimum absolute atomic E-state index is 0.0558. The van der Waals surface area contributed by atoms with Gasteiger partial charge in [-0.15, -0.1) is 0 Å². The molecule has 16 heavy (non-hydrogen) atoms. The Morgan fingerprint density at radius 3 is 2.44 bits per heavy atom. The van der Waals surface area contributed by atoms with E-state index in [-0.39, 0.29) is 28.8 Å². The van der Waals surface area contributed by atoms with E-state index in [4.69, 9.17) is 16.9 Å². The fourth-order valence-electron chi connectivity index (χ4n) is 1.05. The topological polar surface area (TPSA) is 117 Å². The molecule has 7 heteroatoms.